The minimum absolute atomic E-state index is 0.0181. The molecule has 1 atom stereocenters. The van der Waals surface area contributed by atoms with Crippen molar-refractivity contribution in [3.63, 3.8) is 0 Å². The zero-order valence-corrected chi connectivity index (χ0v) is 9.56. The Morgan fingerprint density at radius 2 is 2.31 bits per heavy atom. The van der Waals surface area contributed by atoms with Crippen LogP contribution in [0.1, 0.15) is 17.9 Å². The first kappa shape index (κ1) is 12.5. The van der Waals surface area contributed by atoms with Gasteiger partial charge in [-0.3, -0.25) is 4.79 Å². The third-order valence-electron chi connectivity index (χ3n) is 2.43. The number of phenolic OH excluding ortho intramolecular Hbond substituents is 1. The average Bonchev–Trinajstić information content (AvgIpc) is 2.28. The van der Waals surface area contributed by atoms with Crippen molar-refractivity contribution < 1.29 is 14.6 Å². The van der Waals surface area contributed by atoms with Gasteiger partial charge in [0, 0.05) is 12.5 Å². The Labute approximate surface area is 95.2 Å². The second kappa shape index (κ2) is 6.12. The topological polar surface area (TPSA) is 58.6 Å². The molecule has 0 bridgehead atoms. The van der Waals surface area contributed by atoms with E-state index in [0.717, 1.165) is 5.56 Å². The molecule has 0 aromatic heterocycles. The molecule has 4 heteroatoms. The Morgan fingerprint density at radius 1 is 1.56 bits per heavy atom. The number of carbonyl (C=O) groups is 1. The first-order valence-electron chi connectivity index (χ1n) is 5.17. The van der Waals surface area contributed by atoms with Gasteiger partial charge < -0.3 is 15.2 Å². The molecule has 1 rings (SSSR count). The van der Waals surface area contributed by atoms with Gasteiger partial charge in [-0.1, -0.05) is 12.1 Å². The molecule has 2 N–H and O–H groups in total. The van der Waals surface area contributed by atoms with Crippen LogP contribution in [0.15, 0.2) is 24.3 Å². The number of nitrogens with one attached hydrogen (secondary N) is 1. The van der Waals surface area contributed by atoms with Gasteiger partial charge in [-0.15, -0.1) is 0 Å². The number of hydrogen-bond donors (Lipinski definition) is 2. The lowest BCUT2D eigenvalue weighted by molar-refractivity contribution is -0.141. The maximum absolute atomic E-state index is 11.2. The molecular weight excluding hydrogens is 206 g/mol. The molecule has 0 unspecified atom stereocenters. The predicted octanol–water partition coefficient (Wildman–Crippen LogP) is 1.26. The first-order chi connectivity index (χ1) is 7.67. The van der Waals surface area contributed by atoms with Gasteiger partial charge >= 0.3 is 5.97 Å². The fourth-order valence-electron chi connectivity index (χ4n) is 1.62. The quantitative estimate of drug-likeness (QED) is 0.738. The number of aromatic hydroxyl groups is 1. The van der Waals surface area contributed by atoms with Gasteiger partial charge in [0.1, 0.15) is 5.75 Å². The molecule has 16 heavy (non-hydrogen) atoms. The highest BCUT2D eigenvalue weighted by atomic mass is 16.5. The number of methoxy groups -OCH3 is 1. The summed E-state index contributed by atoms with van der Waals surface area (Å²) in [6.45, 7) is 0.665. The molecule has 0 saturated heterocycles. The highest BCUT2D eigenvalue weighted by Crippen LogP contribution is 2.22. The van der Waals surface area contributed by atoms with E-state index in [1.54, 1.807) is 18.2 Å². The molecule has 1 aromatic rings. The van der Waals surface area contributed by atoms with Gasteiger partial charge in [0.05, 0.1) is 13.5 Å². The van der Waals surface area contributed by atoms with E-state index >= 15 is 0 Å². The Kier molecular flexibility index (Phi) is 4.79. The molecule has 0 spiro atoms. The molecule has 0 radical (unpaired) electrons. The van der Waals surface area contributed by atoms with Crippen LogP contribution in [0.2, 0.25) is 0 Å². The van der Waals surface area contributed by atoms with Crippen LogP contribution in [0.4, 0.5) is 0 Å². The van der Waals surface area contributed by atoms with Gasteiger partial charge in [0.25, 0.3) is 0 Å². The van der Waals surface area contributed by atoms with Crippen LogP contribution in [-0.2, 0) is 9.53 Å². The molecule has 0 aliphatic rings. The van der Waals surface area contributed by atoms with E-state index in [0.29, 0.717) is 13.0 Å². The molecule has 0 aliphatic heterocycles. The largest absolute Gasteiger partial charge is 0.508 e. The summed E-state index contributed by atoms with van der Waals surface area (Å²) in [5, 5.41) is 12.4. The van der Waals surface area contributed by atoms with Crippen molar-refractivity contribution in [1.82, 2.24) is 5.32 Å². The monoisotopic (exact) mass is 223 g/mol. The van der Waals surface area contributed by atoms with E-state index in [2.05, 4.69) is 10.1 Å². The predicted molar refractivity (Wildman–Crippen MR) is 61.4 cm³/mol. The smallest absolute Gasteiger partial charge is 0.306 e. The van der Waals surface area contributed by atoms with E-state index in [-0.39, 0.29) is 17.6 Å². The molecule has 0 saturated carbocycles. The van der Waals surface area contributed by atoms with Crippen LogP contribution in [0, 0.1) is 0 Å². The minimum Gasteiger partial charge on any atom is -0.508 e. The van der Waals surface area contributed by atoms with Gasteiger partial charge in [-0.2, -0.15) is 0 Å². The van der Waals surface area contributed by atoms with E-state index < -0.39 is 0 Å². The van der Waals surface area contributed by atoms with Crippen LogP contribution in [-0.4, -0.2) is 31.8 Å². The van der Waals surface area contributed by atoms with Crippen LogP contribution in [0.5, 0.6) is 5.75 Å². The SMILES string of the molecule is CNC[C@@H](CC(=O)OC)c1cccc(O)c1. The summed E-state index contributed by atoms with van der Waals surface area (Å²) in [5.74, 6) is -0.0170. The van der Waals surface area contributed by atoms with E-state index in [1.165, 1.54) is 7.11 Å². The minimum atomic E-state index is -0.247. The molecule has 0 aliphatic carbocycles. The number of phenols is 1. The van der Waals surface area contributed by atoms with Crippen molar-refractivity contribution in [3.8, 4) is 5.75 Å². The maximum atomic E-state index is 11.2. The van der Waals surface area contributed by atoms with Crippen LogP contribution in [0.25, 0.3) is 0 Å². The number of carbonyl (C=O) groups excluding carboxylic acids is 1. The summed E-state index contributed by atoms with van der Waals surface area (Å²) in [6, 6.07) is 6.94. The highest BCUT2D eigenvalue weighted by Gasteiger charge is 2.16. The average molecular weight is 223 g/mol. The molecule has 88 valence electrons. The number of esters is 1. The molecule has 0 heterocycles. The lowest BCUT2D eigenvalue weighted by Gasteiger charge is -2.15. The van der Waals surface area contributed by atoms with Crippen LogP contribution < -0.4 is 5.32 Å². The second-order valence-electron chi connectivity index (χ2n) is 3.63. The van der Waals surface area contributed by atoms with Crippen molar-refractivity contribution >= 4 is 5.97 Å². The number of ether oxygens (including phenoxy) is 1. The van der Waals surface area contributed by atoms with Gasteiger partial charge in [-0.25, -0.2) is 0 Å². The number of benzene rings is 1. The molecule has 0 fully saturated rings. The van der Waals surface area contributed by atoms with Gasteiger partial charge in [0.2, 0.25) is 0 Å². The third-order valence-corrected chi connectivity index (χ3v) is 2.43. The Bertz CT molecular complexity index is 352. The van der Waals surface area contributed by atoms with E-state index in [9.17, 15) is 9.90 Å². The zero-order chi connectivity index (χ0) is 12.0. The fourth-order valence-corrected chi connectivity index (χ4v) is 1.62. The summed E-state index contributed by atoms with van der Waals surface area (Å²) in [7, 11) is 3.20. The van der Waals surface area contributed by atoms with Crippen molar-refractivity contribution in [2.75, 3.05) is 20.7 Å². The van der Waals surface area contributed by atoms with Crippen molar-refractivity contribution in [2.24, 2.45) is 0 Å². The lowest BCUT2D eigenvalue weighted by atomic mass is 9.95. The summed E-state index contributed by atoms with van der Waals surface area (Å²) >= 11 is 0. The van der Waals surface area contributed by atoms with Crippen molar-refractivity contribution in [2.45, 2.75) is 12.3 Å². The van der Waals surface area contributed by atoms with Crippen LogP contribution in [0.3, 0.4) is 0 Å². The van der Waals surface area contributed by atoms with E-state index in [4.69, 9.17) is 0 Å². The number of rotatable bonds is 5. The zero-order valence-electron chi connectivity index (χ0n) is 9.56. The van der Waals surface area contributed by atoms with Gasteiger partial charge in [-0.05, 0) is 24.7 Å². The normalized spacial score (nSPS) is 12.1. The lowest BCUT2D eigenvalue weighted by Crippen LogP contribution is -2.20. The Hall–Kier alpha value is -1.55. The van der Waals surface area contributed by atoms with Crippen molar-refractivity contribution in [1.29, 1.82) is 0 Å². The number of hydrogen-bond acceptors (Lipinski definition) is 4. The maximum Gasteiger partial charge on any atom is 0.306 e. The van der Waals surface area contributed by atoms with Gasteiger partial charge in [0.15, 0.2) is 0 Å². The number of likely N-dealkylation sites (N-methyl/N-ethyl adjacent to an activating group) is 1. The summed E-state index contributed by atoms with van der Waals surface area (Å²) in [4.78, 5) is 11.2. The van der Waals surface area contributed by atoms with Crippen LogP contribution >= 0.6 is 0 Å². The highest BCUT2D eigenvalue weighted by molar-refractivity contribution is 5.70. The van der Waals surface area contributed by atoms with Crippen molar-refractivity contribution in [3.05, 3.63) is 29.8 Å². The first-order valence-corrected chi connectivity index (χ1v) is 5.17. The molecular formula is C12H17NO3. The van der Waals surface area contributed by atoms with E-state index in [1.807, 2.05) is 13.1 Å². The second-order valence-corrected chi connectivity index (χ2v) is 3.63. The summed E-state index contributed by atoms with van der Waals surface area (Å²) in [5.41, 5.74) is 0.930. The molecule has 1 aromatic carbocycles. The Morgan fingerprint density at radius 3 is 2.88 bits per heavy atom. The third kappa shape index (κ3) is 3.55. The summed E-state index contributed by atoms with van der Waals surface area (Å²) < 4.78 is 4.65. The summed E-state index contributed by atoms with van der Waals surface area (Å²) in [6.07, 6.45) is 0.306. The standard InChI is InChI=1S/C12H17NO3/c1-13-8-10(7-12(15)16-2)9-4-3-5-11(14)6-9/h3-6,10,13-14H,7-8H2,1-2H3/t10-/m1/s1. The molecule has 4 nitrogen and oxygen atoms in total. The Balaban J connectivity index is 2.80. The molecule has 0 amide bonds. The fraction of sp³-hybridized carbons (Fsp3) is 0.417.